The van der Waals surface area contributed by atoms with Crippen molar-refractivity contribution >= 4 is 11.7 Å². The van der Waals surface area contributed by atoms with Crippen molar-refractivity contribution in [3.8, 4) is 11.5 Å². The van der Waals surface area contributed by atoms with E-state index >= 15 is 0 Å². The summed E-state index contributed by atoms with van der Waals surface area (Å²) in [5.41, 5.74) is 6.47. The highest BCUT2D eigenvalue weighted by Gasteiger charge is 2.09. The maximum absolute atomic E-state index is 11.5. The zero-order valence-electron chi connectivity index (χ0n) is 10.5. The molecule has 0 fully saturated rings. The molecule has 0 radical (unpaired) electrons. The number of rotatable bonds is 4. The summed E-state index contributed by atoms with van der Waals surface area (Å²) in [5.74, 6) is 0.684. The van der Waals surface area contributed by atoms with E-state index in [1.165, 1.54) is 12.3 Å². The molecule has 0 spiro atoms. The molecule has 0 atom stereocenters. The number of ether oxygens (including phenoxy) is 2. The molecule has 1 aromatic heterocycles. The van der Waals surface area contributed by atoms with Crippen molar-refractivity contribution in [3.05, 3.63) is 48.3 Å². The number of benzene rings is 1. The number of nitrogens with two attached hydrogens (primary N) is 1. The number of hydrogen-bond donors (Lipinski definition) is 1. The second-order valence-corrected chi connectivity index (χ2v) is 3.77. The Labute approximate surface area is 111 Å². The molecule has 2 aromatic rings. The molecule has 5 nitrogen and oxygen atoms in total. The molecule has 0 aliphatic carbocycles. The number of hydrogen-bond acceptors (Lipinski definition) is 5. The van der Waals surface area contributed by atoms with Gasteiger partial charge in [-0.2, -0.15) is 0 Å². The molecule has 0 saturated carbocycles. The molecule has 0 saturated heterocycles. The number of esters is 1. The lowest BCUT2D eigenvalue weighted by Crippen LogP contribution is -2.06. The highest BCUT2D eigenvalue weighted by Crippen LogP contribution is 2.22. The molecule has 5 heteroatoms. The molecule has 0 aliphatic rings. The first-order chi connectivity index (χ1) is 9.19. The summed E-state index contributed by atoms with van der Waals surface area (Å²) in [7, 11) is 0. The van der Waals surface area contributed by atoms with E-state index in [4.69, 9.17) is 15.2 Å². The van der Waals surface area contributed by atoms with Crippen LogP contribution in [0.1, 0.15) is 17.4 Å². The van der Waals surface area contributed by atoms with Crippen molar-refractivity contribution in [3.63, 3.8) is 0 Å². The lowest BCUT2D eigenvalue weighted by atomic mass is 10.3. The highest BCUT2D eigenvalue weighted by molar-refractivity contribution is 5.87. The molecule has 0 amide bonds. The maximum Gasteiger partial charge on any atom is 0.357 e. The quantitative estimate of drug-likeness (QED) is 0.674. The van der Waals surface area contributed by atoms with Gasteiger partial charge in [-0.15, -0.1) is 0 Å². The number of carbonyl (C=O) groups is 1. The van der Waals surface area contributed by atoms with Crippen molar-refractivity contribution < 1.29 is 14.3 Å². The third-order valence-electron chi connectivity index (χ3n) is 2.33. The average Bonchev–Trinajstić information content (AvgIpc) is 2.42. The van der Waals surface area contributed by atoms with Gasteiger partial charge in [0.15, 0.2) is 5.69 Å². The predicted octanol–water partition coefficient (Wildman–Crippen LogP) is 2.63. The van der Waals surface area contributed by atoms with Crippen LogP contribution in [0.15, 0.2) is 42.6 Å². The molecule has 1 heterocycles. The van der Waals surface area contributed by atoms with Crippen LogP contribution in [0.5, 0.6) is 11.5 Å². The Bertz CT molecular complexity index is 567. The summed E-state index contributed by atoms with van der Waals surface area (Å²) < 4.78 is 10.5. The van der Waals surface area contributed by atoms with Gasteiger partial charge >= 0.3 is 5.97 Å². The molecule has 98 valence electrons. The molecule has 19 heavy (non-hydrogen) atoms. The number of carbonyl (C=O) groups excluding carboxylic acids is 1. The van der Waals surface area contributed by atoms with Crippen molar-refractivity contribution in [2.24, 2.45) is 0 Å². The van der Waals surface area contributed by atoms with Crippen LogP contribution in [0.2, 0.25) is 0 Å². The summed E-state index contributed by atoms with van der Waals surface area (Å²) >= 11 is 0. The second kappa shape index (κ2) is 5.86. The Morgan fingerprint density at radius 3 is 2.63 bits per heavy atom. The van der Waals surface area contributed by atoms with Gasteiger partial charge in [0, 0.05) is 18.0 Å². The van der Waals surface area contributed by atoms with Crippen LogP contribution in [-0.2, 0) is 4.74 Å². The Morgan fingerprint density at radius 2 is 1.95 bits per heavy atom. The first-order valence-electron chi connectivity index (χ1n) is 5.85. The summed E-state index contributed by atoms with van der Waals surface area (Å²) in [6.07, 6.45) is 1.50. The van der Waals surface area contributed by atoms with Crippen molar-refractivity contribution in [1.82, 2.24) is 4.98 Å². The van der Waals surface area contributed by atoms with Crippen LogP contribution in [0.4, 0.5) is 5.69 Å². The molecule has 2 N–H and O–H groups in total. The monoisotopic (exact) mass is 258 g/mol. The number of pyridine rings is 1. The topological polar surface area (TPSA) is 74.4 Å². The number of nitrogens with zero attached hydrogens (tertiary/aromatic N) is 1. The molecular weight excluding hydrogens is 244 g/mol. The smallest absolute Gasteiger partial charge is 0.357 e. The number of anilines is 1. The van der Waals surface area contributed by atoms with E-state index in [9.17, 15) is 4.79 Å². The minimum absolute atomic E-state index is 0.217. The van der Waals surface area contributed by atoms with Gasteiger partial charge in [0.1, 0.15) is 11.5 Å². The molecule has 2 rings (SSSR count). The van der Waals surface area contributed by atoms with Gasteiger partial charge in [0.25, 0.3) is 0 Å². The van der Waals surface area contributed by atoms with Gasteiger partial charge < -0.3 is 15.2 Å². The molecular formula is C14H14N2O3. The minimum Gasteiger partial charge on any atom is -0.461 e. The summed E-state index contributed by atoms with van der Waals surface area (Å²) in [6.45, 7) is 2.05. The fourth-order valence-corrected chi connectivity index (χ4v) is 1.46. The normalized spacial score (nSPS) is 9.95. The van der Waals surface area contributed by atoms with Crippen LogP contribution < -0.4 is 10.5 Å². The summed E-state index contributed by atoms with van der Waals surface area (Å²) in [6, 6.07) is 10.2. The van der Waals surface area contributed by atoms with Gasteiger partial charge in [-0.25, -0.2) is 9.78 Å². The van der Waals surface area contributed by atoms with E-state index in [0.717, 1.165) is 0 Å². The third kappa shape index (κ3) is 3.45. The largest absolute Gasteiger partial charge is 0.461 e. The minimum atomic E-state index is -0.467. The van der Waals surface area contributed by atoms with Gasteiger partial charge in [-0.1, -0.05) is 0 Å². The molecule has 0 bridgehead atoms. The van der Waals surface area contributed by atoms with E-state index in [1.54, 1.807) is 37.3 Å². The number of aromatic nitrogens is 1. The van der Waals surface area contributed by atoms with Gasteiger partial charge in [-0.3, -0.25) is 0 Å². The van der Waals surface area contributed by atoms with E-state index in [2.05, 4.69) is 4.98 Å². The first-order valence-corrected chi connectivity index (χ1v) is 5.85. The van der Waals surface area contributed by atoms with Crippen LogP contribution >= 0.6 is 0 Å². The van der Waals surface area contributed by atoms with Crippen LogP contribution in [0.3, 0.4) is 0 Å². The average molecular weight is 258 g/mol. The van der Waals surface area contributed by atoms with Crippen molar-refractivity contribution in [1.29, 1.82) is 0 Å². The molecule has 0 unspecified atom stereocenters. The van der Waals surface area contributed by atoms with E-state index in [-0.39, 0.29) is 5.69 Å². The summed E-state index contributed by atoms with van der Waals surface area (Å²) in [4.78, 5) is 15.5. The zero-order valence-corrected chi connectivity index (χ0v) is 10.5. The van der Waals surface area contributed by atoms with E-state index in [0.29, 0.717) is 23.8 Å². The zero-order chi connectivity index (χ0) is 13.7. The Kier molecular flexibility index (Phi) is 3.97. The predicted molar refractivity (Wildman–Crippen MR) is 71.1 cm³/mol. The van der Waals surface area contributed by atoms with Gasteiger partial charge in [0.2, 0.25) is 0 Å². The van der Waals surface area contributed by atoms with Crippen molar-refractivity contribution in [2.75, 3.05) is 12.3 Å². The standard InChI is InChI=1S/C14H14N2O3/c1-2-18-14(17)13-9-12(7-8-16-13)19-11-5-3-10(15)4-6-11/h3-9H,2,15H2,1H3. The maximum atomic E-state index is 11.5. The fraction of sp³-hybridized carbons (Fsp3) is 0.143. The lowest BCUT2D eigenvalue weighted by Gasteiger charge is -2.07. The third-order valence-corrected chi connectivity index (χ3v) is 2.33. The van der Waals surface area contributed by atoms with Crippen molar-refractivity contribution in [2.45, 2.75) is 6.92 Å². The second-order valence-electron chi connectivity index (χ2n) is 3.77. The molecule has 1 aromatic carbocycles. The fourth-order valence-electron chi connectivity index (χ4n) is 1.46. The lowest BCUT2D eigenvalue weighted by molar-refractivity contribution is 0.0519. The van der Waals surface area contributed by atoms with Crippen LogP contribution in [-0.4, -0.2) is 17.6 Å². The number of nitrogen functional groups attached to an aromatic ring is 1. The van der Waals surface area contributed by atoms with Crippen LogP contribution in [0.25, 0.3) is 0 Å². The molecule has 0 aliphatic heterocycles. The Morgan fingerprint density at radius 1 is 1.21 bits per heavy atom. The van der Waals surface area contributed by atoms with Gasteiger partial charge in [-0.05, 0) is 37.3 Å². The van der Waals surface area contributed by atoms with Crippen LogP contribution in [0, 0.1) is 0 Å². The SMILES string of the molecule is CCOC(=O)c1cc(Oc2ccc(N)cc2)ccn1. The highest BCUT2D eigenvalue weighted by atomic mass is 16.5. The van der Waals surface area contributed by atoms with E-state index in [1.807, 2.05) is 0 Å². The van der Waals surface area contributed by atoms with E-state index < -0.39 is 5.97 Å². The summed E-state index contributed by atoms with van der Waals surface area (Å²) in [5, 5.41) is 0. The van der Waals surface area contributed by atoms with Gasteiger partial charge in [0.05, 0.1) is 6.61 Å². The Hall–Kier alpha value is -2.56. The Balaban J connectivity index is 2.15. The first kappa shape index (κ1) is 12.9.